The minimum atomic E-state index is -0.688. The molecule has 5 heteroatoms. The summed E-state index contributed by atoms with van der Waals surface area (Å²) in [4.78, 5) is 15.1. The van der Waals surface area contributed by atoms with Crippen molar-refractivity contribution < 1.29 is 9.90 Å². The van der Waals surface area contributed by atoms with Crippen molar-refractivity contribution in [1.29, 1.82) is 0 Å². The number of carboxylic acids is 1. The van der Waals surface area contributed by atoms with Gasteiger partial charge in [-0.2, -0.15) is 0 Å². The van der Waals surface area contributed by atoms with Crippen LogP contribution in [0.1, 0.15) is 13.3 Å². The van der Waals surface area contributed by atoms with Gasteiger partial charge in [0.25, 0.3) is 0 Å². The Morgan fingerprint density at radius 2 is 1.86 bits per heavy atom. The Kier molecular flexibility index (Phi) is 6.46. The van der Waals surface area contributed by atoms with Crippen molar-refractivity contribution in [2.45, 2.75) is 19.4 Å². The van der Waals surface area contributed by atoms with Crippen LogP contribution < -0.4 is 0 Å². The fourth-order valence-corrected chi connectivity index (χ4v) is 1.72. The van der Waals surface area contributed by atoms with E-state index in [0.29, 0.717) is 6.42 Å². The van der Waals surface area contributed by atoms with E-state index >= 15 is 0 Å². The van der Waals surface area contributed by atoms with E-state index in [2.05, 4.69) is 16.8 Å². The zero-order valence-corrected chi connectivity index (χ0v) is 8.36. The van der Waals surface area contributed by atoms with Gasteiger partial charge in [-0.25, -0.2) is 0 Å². The quantitative estimate of drug-likeness (QED) is 0.612. The van der Waals surface area contributed by atoms with E-state index in [0.717, 1.165) is 26.2 Å². The summed E-state index contributed by atoms with van der Waals surface area (Å²) in [6.07, 6.45) is 0.693. The Balaban J connectivity index is 0.00000169. The van der Waals surface area contributed by atoms with Gasteiger partial charge in [0.05, 0.1) is 0 Å². The number of aliphatic carboxylic acids is 1. The molecule has 1 aliphatic rings. The summed E-state index contributed by atoms with van der Waals surface area (Å²) in [6, 6.07) is -0.284. The third-order valence-corrected chi connectivity index (χ3v) is 2.65. The molecule has 1 N–H and O–H groups in total. The van der Waals surface area contributed by atoms with Gasteiger partial charge in [-0.05, 0) is 13.5 Å². The zero-order valence-electron chi connectivity index (χ0n) is 8.36. The molecule has 1 aliphatic heterocycles. The first kappa shape index (κ1) is 14.0. The van der Waals surface area contributed by atoms with Crippen LogP contribution in [0.25, 0.3) is 0 Å². The van der Waals surface area contributed by atoms with Gasteiger partial charge in [0.1, 0.15) is 6.04 Å². The summed E-state index contributed by atoms with van der Waals surface area (Å²) in [5, 5.41) is 8.94. The van der Waals surface area contributed by atoms with Crippen molar-refractivity contribution in [3.8, 4) is 0 Å². The standard InChI is InChI=1S/C9H18N2O2.Li.H/c1-3-8(9(12)13)11-6-4-10(2)5-7-11;;/h8H,3-7H2,1-2H3,(H,12,13);;. The van der Waals surface area contributed by atoms with E-state index in [-0.39, 0.29) is 24.9 Å². The summed E-state index contributed by atoms with van der Waals surface area (Å²) in [5.41, 5.74) is 0. The summed E-state index contributed by atoms with van der Waals surface area (Å²) < 4.78 is 0. The van der Waals surface area contributed by atoms with Crippen LogP contribution in [-0.2, 0) is 4.79 Å². The fourth-order valence-electron chi connectivity index (χ4n) is 1.72. The topological polar surface area (TPSA) is 43.8 Å². The molecule has 0 bridgehead atoms. The molecule has 0 saturated carbocycles. The summed E-state index contributed by atoms with van der Waals surface area (Å²) in [6.45, 7) is 5.63. The molecule has 14 heavy (non-hydrogen) atoms. The second kappa shape index (κ2) is 6.47. The van der Waals surface area contributed by atoms with Crippen molar-refractivity contribution >= 4 is 24.8 Å². The molecular weight excluding hydrogens is 175 g/mol. The van der Waals surface area contributed by atoms with Gasteiger partial charge in [-0.1, -0.05) is 6.92 Å². The van der Waals surface area contributed by atoms with Crippen molar-refractivity contribution in [2.24, 2.45) is 0 Å². The Morgan fingerprint density at radius 3 is 2.21 bits per heavy atom. The number of hydrogen-bond donors (Lipinski definition) is 1. The molecule has 0 radical (unpaired) electrons. The maximum absolute atomic E-state index is 10.9. The van der Waals surface area contributed by atoms with Crippen LogP contribution in [-0.4, -0.2) is 79.0 Å². The van der Waals surface area contributed by atoms with E-state index < -0.39 is 5.97 Å². The molecule has 1 unspecified atom stereocenters. The number of piperazine rings is 1. The van der Waals surface area contributed by atoms with Crippen LogP contribution >= 0.6 is 0 Å². The van der Waals surface area contributed by atoms with Crippen LogP contribution in [0.3, 0.4) is 0 Å². The Morgan fingerprint density at radius 1 is 1.36 bits per heavy atom. The van der Waals surface area contributed by atoms with Gasteiger partial charge in [0.2, 0.25) is 0 Å². The Labute approximate surface area is 97.4 Å². The maximum atomic E-state index is 10.9. The van der Waals surface area contributed by atoms with E-state index in [4.69, 9.17) is 5.11 Å². The third-order valence-electron chi connectivity index (χ3n) is 2.65. The Hall–Kier alpha value is -0.0126. The summed E-state index contributed by atoms with van der Waals surface area (Å²) in [5.74, 6) is -0.688. The molecule has 0 aromatic heterocycles. The van der Waals surface area contributed by atoms with Crippen LogP contribution in [0.2, 0.25) is 0 Å². The molecule has 1 atom stereocenters. The number of hydrogen-bond acceptors (Lipinski definition) is 3. The summed E-state index contributed by atoms with van der Waals surface area (Å²) >= 11 is 0. The minimum absolute atomic E-state index is 0. The number of carbonyl (C=O) groups is 1. The van der Waals surface area contributed by atoms with Gasteiger partial charge in [-0.3, -0.25) is 9.69 Å². The van der Waals surface area contributed by atoms with Crippen molar-refractivity contribution in [3.63, 3.8) is 0 Å². The third kappa shape index (κ3) is 3.62. The molecule has 0 aromatic rings. The molecular formula is C9H19LiN2O2. The van der Waals surface area contributed by atoms with Crippen molar-refractivity contribution in [1.82, 2.24) is 9.80 Å². The second-order valence-electron chi connectivity index (χ2n) is 3.60. The SMILES string of the molecule is CCC(C(=O)O)N1CCN(C)CC1.[LiH]. The molecule has 0 spiro atoms. The predicted octanol–water partition coefficient (Wildman–Crippen LogP) is -0.551. The van der Waals surface area contributed by atoms with Crippen molar-refractivity contribution in [2.75, 3.05) is 33.2 Å². The Bertz CT molecular complexity index is 182. The first-order valence-corrected chi connectivity index (χ1v) is 4.80. The fraction of sp³-hybridized carbons (Fsp3) is 0.889. The number of rotatable bonds is 3. The summed E-state index contributed by atoms with van der Waals surface area (Å²) in [7, 11) is 2.07. The molecule has 0 aromatic carbocycles. The van der Waals surface area contributed by atoms with Crippen LogP contribution in [0.5, 0.6) is 0 Å². The number of nitrogens with zero attached hydrogens (tertiary/aromatic N) is 2. The zero-order chi connectivity index (χ0) is 9.84. The van der Waals surface area contributed by atoms with Gasteiger partial charge < -0.3 is 10.0 Å². The molecule has 0 amide bonds. The first-order chi connectivity index (χ1) is 6.15. The molecule has 1 heterocycles. The van der Waals surface area contributed by atoms with Gasteiger partial charge in [-0.15, -0.1) is 0 Å². The van der Waals surface area contributed by atoms with Crippen LogP contribution in [0.4, 0.5) is 0 Å². The second-order valence-corrected chi connectivity index (χ2v) is 3.60. The van der Waals surface area contributed by atoms with E-state index in [9.17, 15) is 4.79 Å². The number of likely N-dealkylation sites (N-methyl/N-ethyl adjacent to an activating group) is 1. The average molecular weight is 194 g/mol. The molecule has 0 aliphatic carbocycles. The van der Waals surface area contributed by atoms with Crippen LogP contribution in [0, 0.1) is 0 Å². The normalized spacial score (nSPS) is 21.3. The molecule has 1 fully saturated rings. The van der Waals surface area contributed by atoms with E-state index in [1.165, 1.54) is 0 Å². The van der Waals surface area contributed by atoms with Gasteiger partial charge in [0, 0.05) is 26.2 Å². The molecule has 78 valence electrons. The number of carboxylic acid groups (broad SMARTS) is 1. The van der Waals surface area contributed by atoms with Crippen molar-refractivity contribution in [3.05, 3.63) is 0 Å². The molecule has 1 saturated heterocycles. The van der Waals surface area contributed by atoms with Gasteiger partial charge >= 0.3 is 24.8 Å². The predicted molar refractivity (Wildman–Crippen MR) is 57.9 cm³/mol. The van der Waals surface area contributed by atoms with Gasteiger partial charge in [0.15, 0.2) is 0 Å². The molecule has 4 nitrogen and oxygen atoms in total. The van der Waals surface area contributed by atoms with E-state index in [1.807, 2.05) is 6.92 Å². The first-order valence-electron chi connectivity index (χ1n) is 4.80. The average Bonchev–Trinajstić information content (AvgIpc) is 2.09. The van der Waals surface area contributed by atoms with E-state index in [1.54, 1.807) is 0 Å². The van der Waals surface area contributed by atoms with Crippen LogP contribution in [0.15, 0.2) is 0 Å². The molecule has 1 rings (SSSR count). The monoisotopic (exact) mass is 194 g/mol.